The highest BCUT2D eigenvalue weighted by atomic mass is 16.5. The molecule has 0 saturated heterocycles. The van der Waals surface area contributed by atoms with E-state index >= 15 is 0 Å². The highest BCUT2D eigenvalue weighted by Crippen LogP contribution is 2.07. The van der Waals surface area contributed by atoms with Crippen molar-refractivity contribution in [2.75, 3.05) is 6.61 Å². The number of ether oxygens (including phenoxy) is 1. The largest absolute Gasteiger partial charge is 0.459 e. The maximum atomic E-state index is 12.5. The summed E-state index contributed by atoms with van der Waals surface area (Å²) in [4.78, 5) is 48.0. The summed E-state index contributed by atoms with van der Waals surface area (Å²) in [7, 11) is 0. The molecule has 1 atom stereocenters. The van der Waals surface area contributed by atoms with Crippen LogP contribution >= 0.6 is 0 Å². The Kier molecular flexibility index (Phi) is 7.96. The predicted molar refractivity (Wildman–Crippen MR) is 103 cm³/mol. The first-order chi connectivity index (χ1) is 13.8. The first-order valence-electron chi connectivity index (χ1n) is 9.00. The normalized spacial score (nSPS) is 11.4. The van der Waals surface area contributed by atoms with Gasteiger partial charge in [-0.2, -0.15) is 0 Å². The second kappa shape index (κ2) is 10.6. The topological polar surface area (TPSA) is 127 Å². The summed E-state index contributed by atoms with van der Waals surface area (Å²) in [5.74, 6) is -2.15. The van der Waals surface area contributed by atoms with E-state index in [0.29, 0.717) is 0 Å². The van der Waals surface area contributed by atoms with Crippen LogP contribution in [-0.4, -0.2) is 42.5 Å². The van der Waals surface area contributed by atoms with Crippen molar-refractivity contribution in [3.8, 4) is 0 Å². The van der Waals surface area contributed by atoms with Gasteiger partial charge in [0.15, 0.2) is 12.4 Å². The first-order valence-corrected chi connectivity index (χ1v) is 9.00. The van der Waals surface area contributed by atoms with Gasteiger partial charge in [0, 0.05) is 12.5 Å². The molecule has 0 spiro atoms. The zero-order valence-corrected chi connectivity index (χ0v) is 16.1. The van der Waals surface area contributed by atoms with E-state index in [1.165, 1.54) is 12.3 Å². The van der Waals surface area contributed by atoms with E-state index in [0.717, 1.165) is 5.56 Å². The number of amides is 4. The molecule has 0 saturated carbocycles. The van der Waals surface area contributed by atoms with Crippen LogP contribution in [0.5, 0.6) is 0 Å². The van der Waals surface area contributed by atoms with E-state index < -0.39 is 36.5 Å². The minimum absolute atomic E-state index is 0.0407. The molecule has 0 aliphatic heterocycles. The average Bonchev–Trinajstić information content (AvgIpc) is 3.20. The summed E-state index contributed by atoms with van der Waals surface area (Å²) in [6.07, 6.45) is 1.49. The lowest BCUT2D eigenvalue weighted by Gasteiger charge is -2.17. The fourth-order valence-electron chi connectivity index (χ4n) is 2.38. The van der Waals surface area contributed by atoms with Gasteiger partial charge in [-0.05, 0) is 31.5 Å². The molecule has 4 amide bonds. The number of imide groups is 1. The van der Waals surface area contributed by atoms with Gasteiger partial charge >= 0.3 is 12.0 Å². The molecule has 3 N–H and O–H groups in total. The molecule has 1 aromatic heterocycles. The molecule has 0 aliphatic rings. The third kappa shape index (κ3) is 7.49. The van der Waals surface area contributed by atoms with E-state index in [9.17, 15) is 19.2 Å². The number of nitrogens with one attached hydrogen (secondary N) is 3. The van der Waals surface area contributed by atoms with Gasteiger partial charge in [-0.15, -0.1) is 0 Å². The number of hydrogen-bond donors (Lipinski definition) is 3. The lowest BCUT2D eigenvalue weighted by atomic mass is 10.1. The van der Waals surface area contributed by atoms with E-state index in [-0.39, 0.29) is 18.2 Å². The Labute approximate surface area is 167 Å². The van der Waals surface area contributed by atoms with Crippen molar-refractivity contribution in [2.24, 2.45) is 0 Å². The smallest absolute Gasteiger partial charge is 0.329 e. The quantitative estimate of drug-likeness (QED) is 0.574. The van der Waals surface area contributed by atoms with E-state index in [1.807, 2.05) is 11.4 Å². The molecule has 1 aromatic carbocycles. The van der Waals surface area contributed by atoms with Crippen LogP contribution < -0.4 is 16.0 Å². The van der Waals surface area contributed by atoms with Gasteiger partial charge in [-0.1, -0.05) is 30.3 Å². The first kappa shape index (κ1) is 21.7. The number of rotatable bonds is 8. The lowest BCUT2D eigenvalue weighted by molar-refractivity contribution is -0.150. The standard InChI is InChI=1S/C20H23N3O6/c1-13(2)21-20(27)23-17(24)12-29-19(26)15(11-14-7-4-3-5-8-14)22-18(25)16-9-6-10-28-16/h3-10,13,15H,11-12H2,1-2H3,(H,22,25)(H2,21,23,24,27)/t15-/m0/s1. The molecule has 0 unspecified atom stereocenters. The van der Waals surface area contributed by atoms with Crippen molar-refractivity contribution in [3.63, 3.8) is 0 Å². The maximum absolute atomic E-state index is 12.5. The second-order valence-corrected chi connectivity index (χ2v) is 6.48. The molecule has 1 heterocycles. The molecule has 9 nitrogen and oxygen atoms in total. The van der Waals surface area contributed by atoms with Crippen LogP contribution in [0.3, 0.4) is 0 Å². The van der Waals surface area contributed by atoms with Crippen LogP contribution in [0.15, 0.2) is 53.1 Å². The summed E-state index contributed by atoms with van der Waals surface area (Å²) in [6.45, 7) is 2.81. The molecular formula is C20H23N3O6. The van der Waals surface area contributed by atoms with Crippen molar-refractivity contribution in [1.82, 2.24) is 16.0 Å². The Morgan fingerprint density at radius 2 is 1.72 bits per heavy atom. The molecule has 0 bridgehead atoms. The number of carbonyl (C=O) groups excluding carboxylic acids is 4. The number of esters is 1. The van der Waals surface area contributed by atoms with Crippen LogP contribution in [0.1, 0.15) is 30.0 Å². The molecule has 2 aromatic rings. The Balaban J connectivity index is 1.97. The summed E-state index contributed by atoms with van der Waals surface area (Å²) in [5.41, 5.74) is 0.787. The molecule has 2 rings (SSSR count). The third-order valence-electron chi connectivity index (χ3n) is 3.64. The van der Waals surface area contributed by atoms with Gasteiger partial charge in [0.25, 0.3) is 11.8 Å². The maximum Gasteiger partial charge on any atom is 0.329 e. The van der Waals surface area contributed by atoms with Gasteiger partial charge < -0.3 is 19.8 Å². The number of furan rings is 1. The fraction of sp³-hybridized carbons (Fsp3) is 0.300. The van der Waals surface area contributed by atoms with Gasteiger partial charge in [-0.25, -0.2) is 9.59 Å². The number of carbonyl (C=O) groups is 4. The second-order valence-electron chi connectivity index (χ2n) is 6.48. The van der Waals surface area contributed by atoms with Gasteiger partial charge in [0.2, 0.25) is 0 Å². The Morgan fingerprint density at radius 3 is 2.34 bits per heavy atom. The van der Waals surface area contributed by atoms with Crippen LogP contribution in [0.2, 0.25) is 0 Å². The van der Waals surface area contributed by atoms with Crippen LogP contribution in [-0.2, 0) is 20.7 Å². The van der Waals surface area contributed by atoms with Crippen molar-refractivity contribution in [2.45, 2.75) is 32.4 Å². The predicted octanol–water partition coefficient (Wildman–Crippen LogP) is 1.40. The van der Waals surface area contributed by atoms with E-state index in [2.05, 4.69) is 10.6 Å². The lowest BCUT2D eigenvalue weighted by Crippen LogP contribution is -2.46. The number of benzene rings is 1. The monoisotopic (exact) mass is 401 g/mol. The highest BCUT2D eigenvalue weighted by Gasteiger charge is 2.25. The van der Waals surface area contributed by atoms with E-state index in [1.54, 1.807) is 44.2 Å². The Hall–Kier alpha value is -3.62. The van der Waals surface area contributed by atoms with Crippen LogP contribution in [0, 0.1) is 0 Å². The van der Waals surface area contributed by atoms with Crippen LogP contribution in [0.25, 0.3) is 0 Å². The zero-order valence-electron chi connectivity index (χ0n) is 16.1. The number of hydrogen-bond acceptors (Lipinski definition) is 6. The van der Waals surface area contributed by atoms with Gasteiger partial charge in [0.05, 0.1) is 6.26 Å². The highest BCUT2D eigenvalue weighted by molar-refractivity contribution is 5.97. The van der Waals surface area contributed by atoms with Crippen molar-refractivity contribution in [1.29, 1.82) is 0 Å². The summed E-state index contributed by atoms with van der Waals surface area (Å²) in [5, 5.41) is 7.07. The molecule has 0 aliphatic carbocycles. The molecular weight excluding hydrogens is 378 g/mol. The summed E-state index contributed by atoms with van der Waals surface area (Å²) in [6, 6.07) is 10.1. The van der Waals surface area contributed by atoms with E-state index in [4.69, 9.17) is 9.15 Å². The summed E-state index contributed by atoms with van der Waals surface area (Å²) >= 11 is 0. The fourth-order valence-corrected chi connectivity index (χ4v) is 2.38. The zero-order chi connectivity index (χ0) is 21.2. The molecule has 0 fully saturated rings. The summed E-state index contributed by atoms with van der Waals surface area (Å²) < 4.78 is 10.0. The molecule has 154 valence electrons. The Bertz CT molecular complexity index is 833. The average molecular weight is 401 g/mol. The SMILES string of the molecule is CC(C)NC(=O)NC(=O)COC(=O)[C@H](Cc1ccccc1)NC(=O)c1ccco1. The van der Waals surface area contributed by atoms with Crippen LogP contribution in [0.4, 0.5) is 4.79 Å². The molecule has 9 heteroatoms. The van der Waals surface area contributed by atoms with Crippen molar-refractivity contribution in [3.05, 3.63) is 60.1 Å². The third-order valence-corrected chi connectivity index (χ3v) is 3.64. The van der Waals surface area contributed by atoms with Crippen molar-refractivity contribution < 1.29 is 28.3 Å². The number of urea groups is 1. The van der Waals surface area contributed by atoms with Gasteiger partial charge in [0.1, 0.15) is 6.04 Å². The molecule has 29 heavy (non-hydrogen) atoms. The van der Waals surface area contributed by atoms with Crippen molar-refractivity contribution >= 4 is 23.8 Å². The molecule has 0 radical (unpaired) electrons. The minimum atomic E-state index is -1.05. The Morgan fingerprint density at radius 1 is 1.00 bits per heavy atom. The minimum Gasteiger partial charge on any atom is -0.459 e. The van der Waals surface area contributed by atoms with Gasteiger partial charge in [-0.3, -0.25) is 14.9 Å².